The van der Waals surface area contributed by atoms with Crippen molar-refractivity contribution in [3.05, 3.63) is 54.1 Å². The Bertz CT molecular complexity index is 734. The molecule has 0 spiro atoms. The third kappa shape index (κ3) is 5.49. The number of nitrogens with zero attached hydrogens (tertiary/aromatic N) is 1. The second-order valence-electron chi connectivity index (χ2n) is 7.56. The van der Waals surface area contributed by atoms with E-state index in [1.807, 2.05) is 18.2 Å². The Kier molecular flexibility index (Phi) is 6.74. The average molecular weight is 366 g/mol. The van der Waals surface area contributed by atoms with Gasteiger partial charge in [-0.2, -0.15) is 0 Å². The van der Waals surface area contributed by atoms with Gasteiger partial charge in [-0.1, -0.05) is 32.0 Å². The van der Waals surface area contributed by atoms with Crippen LogP contribution in [0.5, 0.6) is 0 Å². The fraction of sp³-hybridized carbons (Fsp3) is 0.435. The zero-order valence-electron chi connectivity index (χ0n) is 16.5. The minimum Gasteiger partial charge on any atom is -0.384 e. The number of carbonyl (C=O) groups is 1. The van der Waals surface area contributed by atoms with Crippen molar-refractivity contribution in [1.29, 1.82) is 0 Å². The number of anilines is 3. The number of para-hydroxylation sites is 1. The summed E-state index contributed by atoms with van der Waals surface area (Å²) in [5, 5.41) is 6.39. The van der Waals surface area contributed by atoms with Crippen LogP contribution in [-0.2, 0) is 4.79 Å². The number of hydrogen-bond acceptors (Lipinski definition) is 3. The normalized spacial score (nSPS) is 14.3. The van der Waals surface area contributed by atoms with Crippen molar-refractivity contribution in [3.8, 4) is 0 Å². The Balaban J connectivity index is 1.47. The van der Waals surface area contributed by atoms with E-state index in [-0.39, 0.29) is 5.91 Å². The summed E-state index contributed by atoms with van der Waals surface area (Å²) in [6, 6.07) is 16.5. The zero-order valence-corrected chi connectivity index (χ0v) is 16.5. The Morgan fingerprint density at radius 3 is 2.41 bits per heavy atom. The molecule has 0 aromatic heterocycles. The minimum atomic E-state index is 0.0373. The van der Waals surface area contributed by atoms with E-state index in [2.05, 4.69) is 59.7 Å². The molecule has 27 heavy (non-hydrogen) atoms. The van der Waals surface area contributed by atoms with Gasteiger partial charge in [0.15, 0.2) is 0 Å². The smallest absolute Gasteiger partial charge is 0.226 e. The van der Waals surface area contributed by atoms with Gasteiger partial charge in [-0.3, -0.25) is 4.79 Å². The van der Waals surface area contributed by atoms with E-state index in [4.69, 9.17) is 0 Å². The van der Waals surface area contributed by atoms with Crippen molar-refractivity contribution in [1.82, 2.24) is 0 Å². The van der Waals surface area contributed by atoms with Gasteiger partial charge in [0, 0.05) is 43.1 Å². The van der Waals surface area contributed by atoms with Gasteiger partial charge in [-0.25, -0.2) is 0 Å². The maximum atomic E-state index is 12.2. The average Bonchev–Trinajstić information content (AvgIpc) is 2.69. The molecule has 3 rings (SSSR count). The standard InChI is InChI=1S/C23H31N3O/c1-18(2)21-8-4-5-9-22(21)24-15-14-23(27)25-19-10-12-20(13-11-19)26-16-6-3-7-17-26/h4-5,8-13,18,24H,3,6-7,14-17H2,1-2H3,(H,25,27). The van der Waals surface area contributed by atoms with Crippen LogP contribution in [0.2, 0.25) is 0 Å². The van der Waals surface area contributed by atoms with Gasteiger partial charge in [0.2, 0.25) is 5.91 Å². The Hall–Kier alpha value is -2.49. The highest BCUT2D eigenvalue weighted by Crippen LogP contribution is 2.24. The van der Waals surface area contributed by atoms with Crippen LogP contribution < -0.4 is 15.5 Å². The van der Waals surface area contributed by atoms with E-state index in [0.717, 1.165) is 24.5 Å². The second-order valence-corrected chi connectivity index (χ2v) is 7.56. The first kappa shape index (κ1) is 19.3. The first-order valence-corrected chi connectivity index (χ1v) is 10.1. The molecule has 1 fully saturated rings. The number of carbonyl (C=O) groups excluding carboxylic acids is 1. The van der Waals surface area contributed by atoms with Crippen LogP contribution in [0.25, 0.3) is 0 Å². The fourth-order valence-electron chi connectivity index (χ4n) is 3.60. The summed E-state index contributed by atoms with van der Waals surface area (Å²) < 4.78 is 0. The van der Waals surface area contributed by atoms with Crippen LogP contribution in [0.4, 0.5) is 17.1 Å². The first-order valence-electron chi connectivity index (χ1n) is 10.1. The van der Waals surface area contributed by atoms with Crippen LogP contribution in [0.15, 0.2) is 48.5 Å². The minimum absolute atomic E-state index is 0.0373. The molecule has 0 unspecified atom stereocenters. The molecule has 0 radical (unpaired) electrons. The molecular formula is C23H31N3O. The molecule has 1 heterocycles. The van der Waals surface area contributed by atoms with Crippen LogP contribution in [-0.4, -0.2) is 25.5 Å². The monoisotopic (exact) mass is 365 g/mol. The number of benzene rings is 2. The number of amides is 1. The number of rotatable bonds is 7. The molecule has 2 N–H and O–H groups in total. The predicted octanol–water partition coefficient (Wildman–Crippen LogP) is 5.24. The third-order valence-corrected chi connectivity index (χ3v) is 5.12. The van der Waals surface area contributed by atoms with Gasteiger partial charge in [0.05, 0.1) is 0 Å². The van der Waals surface area contributed by atoms with Crippen molar-refractivity contribution in [2.24, 2.45) is 0 Å². The highest BCUT2D eigenvalue weighted by molar-refractivity contribution is 5.91. The lowest BCUT2D eigenvalue weighted by Gasteiger charge is -2.28. The lowest BCUT2D eigenvalue weighted by molar-refractivity contribution is -0.115. The van der Waals surface area contributed by atoms with E-state index in [1.165, 1.54) is 30.5 Å². The van der Waals surface area contributed by atoms with Crippen molar-refractivity contribution in [3.63, 3.8) is 0 Å². The van der Waals surface area contributed by atoms with Crippen molar-refractivity contribution < 1.29 is 4.79 Å². The lowest BCUT2D eigenvalue weighted by Crippen LogP contribution is -2.29. The van der Waals surface area contributed by atoms with E-state index in [1.54, 1.807) is 0 Å². The molecule has 0 aliphatic carbocycles. The molecular weight excluding hydrogens is 334 g/mol. The summed E-state index contributed by atoms with van der Waals surface area (Å²) in [7, 11) is 0. The Morgan fingerprint density at radius 1 is 1.00 bits per heavy atom. The van der Waals surface area contributed by atoms with Crippen molar-refractivity contribution >= 4 is 23.0 Å². The molecule has 2 aromatic carbocycles. The second kappa shape index (κ2) is 9.45. The van der Waals surface area contributed by atoms with E-state index in [0.29, 0.717) is 18.9 Å². The van der Waals surface area contributed by atoms with Crippen molar-refractivity contribution in [2.75, 3.05) is 35.2 Å². The van der Waals surface area contributed by atoms with Gasteiger partial charge >= 0.3 is 0 Å². The van der Waals surface area contributed by atoms with Gasteiger partial charge < -0.3 is 15.5 Å². The summed E-state index contributed by atoms with van der Waals surface area (Å²) in [6.07, 6.45) is 4.32. The topological polar surface area (TPSA) is 44.4 Å². The van der Waals surface area contributed by atoms with E-state index in [9.17, 15) is 4.79 Å². The maximum Gasteiger partial charge on any atom is 0.226 e. The van der Waals surface area contributed by atoms with E-state index < -0.39 is 0 Å². The van der Waals surface area contributed by atoms with Gasteiger partial charge in [0.1, 0.15) is 0 Å². The molecule has 2 aromatic rings. The maximum absolute atomic E-state index is 12.2. The summed E-state index contributed by atoms with van der Waals surface area (Å²) in [5.41, 5.74) is 4.51. The SMILES string of the molecule is CC(C)c1ccccc1NCCC(=O)Nc1ccc(N2CCCCC2)cc1. The number of piperidine rings is 1. The summed E-state index contributed by atoms with van der Waals surface area (Å²) in [4.78, 5) is 14.7. The van der Waals surface area contributed by atoms with Gasteiger partial charge in [-0.05, 0) is 61.1 Å². The molecule has 0 saturated carbocycles. The Morgan fingerprint density at radius 2 is 1.70 bits per heavy atom. The highest BCUT2D eigenvalue weighted by atomic mass is 16.1. The number of nitrogens with one attached hydrogen (secondary N) is 2. The van der Waals surface area contributed by atoms with Crippen LogP contribution in [0.3, 0.4) is 0 Å². The highest BCUT2D eigenvalue weighted by Gasteiger charge is 2.11. The molecule has 4 heteroatoms. The quantitative estimate of drug-likeness (QED) is 0.705. The molecule has 1 saturated heterocycles. The first-order chi connectivity index (χ1) is 13.1. The molecule has 144 valence electrons. The molecule has 1 aliphatic rings. The Labute approximate surface area is 163 Å². The summed E-state index contributed by atoms with van der Waals surface area (Å²) in [6.45, 7) is 7.26. The summed E-state index contributed by atoms with van der Waals surface area (Å²) in [5.74, 6) is 0.496. The van der Waals surface area contributed by atoms with Crippen LogP contribution >= 0.6 is 0 Å². The molecule has 0 atom stereocenters. The third-order valence-electron chi connectivity index (χ3n) is 5.12. The lowest BCUT2D eigenvalue weighted by atomic mass is 10.0. The summed E-state index contributed by atoms with van der Waals surface area (Å²) >= 11 is 0. The molecule has 4 nitrogen and oxygen atoms in total. The van der Waals surface area contributed by atoms with Gasteiger partial charge in [-0.15, -0.1) is 0 Å². The van der Waals surface area contributed by atoms with Crippen LogP contribution in [0.1, 0.15) is 51.0 Å². The molecule has 1 amide bonds. The zero-order chi connectivity index (χ0) is 19.1. The van der Waals surface area contributed by atoms with Crippen molar-refractivity contribution in [2.45, 2.75) is 45.4 Å². The molecule has 0 bridgehead atoms. The van der Waals surface area contributed by atoms with E-state index >= 15 is 0 Å². The number of hydrogen-bond donors (Lipinski definition) is 2. The fourth-order valence-corrected chi connectivity index (χ4v) is 3.60. The van der Waals surface area contributed by atoms with Crippen LogP contribution in [0, 0.1) is 0 Å². The van der Waals surface area contributed by atoms with Gasteiger partial charge in [0.25, 0.3) is 0 Å². The largest absolute Gasteiger partial charge is 0.384 e. The predicted molar refractivity (Wildman–Crippen MR) is 115 cm³/mol. The molecule has 1 aliphatic heterocycles.